The second-order valence-electron chi connectivity index (χ2n) is 3.80. The molecule has 1 rings (SSSR count). The Labute approximate surface area is 102 Å². The van der Waals surface area contributed by atoms with Gasteiger partial charge in [0, 0.05) is 13.6 Å². The van der Waals surface area contributed by atoms with Gasteiger partial charge in [-0.15, -0.1) is 0 Å². The number of hydrogen-bond acceptors (Lipinski definition) is 4. The molecule has 0 saturated carbocycles. The van der Waals surface area contributed by atoms with E-state index in [9.17, 15) is 4.79 Å². The fraction of sp³-hybridized carbons (Fsp3) is 0.417. The van der Waals surface area contributed by atoms with Crippen LogP contribution in [0, 0.1) is 0 Å². The third-order valence-corrected chi connectivity index (χ3v) is 2.34. The van der Waals surface area contributed by atoms with Gasteiger partial charge in [-0.05, 0) is 19.2 Å². The van der Waals surface area contributed by atoms with Crippen molar-refractivity contribution in [2.45, 2.75) is 0 Å². The van der Waals surface area contributed by atoms with E-state index < -0.39 is 0 Å². The van der Waals surface area contributed by atoms with E-state index in [4.69, 9.17) is 10.5 Å². The highest BCUT2D eigenvalue weighted by molar-refractivity contribution is 5.77. The zero-order chi connectivity index (χ0) is 12.7. The lowest BCUT2D eigenvalue weighted by molar-refractivity contribution is -0.121. The lowest BCUT2D eigenvalue weighted by Crippen LogP contribution is -2.35. The number of nitrogens with zero attached hydrogens (tertiary/aromatic N) is 1. The second-order valence-corrected chi connectivity index (χ2v) is 3.80. The van der Waals surface area contributed by atoms with Crippen molar-refractivity contribution in [3.63, 3.8) is 0 Å². The van der Waals surface area contributed by atoms with Crippen molar-refractivity contribution >= 4 is 11.6 Å². The number of para-hydroxylation sites is 2. The Hall–Kier alpha value is -1.75. The van der Waals surface area contributed by atoms with Crippen molar-refractivity contribution in [1.82, 2.24) is 10.2 Å². The minimum Gasteiger partial charge on any atom is -0.490 e. The molecule has 1 amide bonds. The molecule has 3 N–H and O–H groups in total. The quantitative estimate of drug-likeness (QED) is 0.699. The van der Waals surface area contributed by atoms with E-state index in [1.165, 1.54) is 0 Å². The van der Waals surface area contributed by atoms with Gasteiger partial charge in [0.2, 0.25) is 5.91 Å². The number of benzene rings is 1. The van der Waals surface area contributed by atoms with E-state index in [-0.39, 0.29) is 5.91 Å². The Morgan fingerprint density at radius 2 is 2.18 bits per heavy atom. The SMILES string of the molecule is CNC(=O)CN(C)CCOc1ccccc1N. The maximum Gasteiger partial charge on any atom is 0.233 e. The number of nitrogens with two attached hydrogens (primary N) is 1. The van der Waals surface area contributed by atoms with Crippen LogP contribution in [-0.4, -0.2) is 44.6 Å². The fourth-order valence-electron chi connectivity index (χ4n) is 1.33. The fourth-order valence-corrected chi connectivity index (χ4v) is 1.33. The Kier molecular flexibility index (Phi) is 5.29. The highest BCUT2D eigenvalue weighted by Crippen LogP contribution is 2.19. The van der Waals surface area contributed by atoms with Crippen LogP contribution in [0.15, 0.2) is 24.3 Å². The number of hydrogen-bond donors (Lipinski definition) is 2. The summed E-state index contributed by atoms with van der Waals surface area (Å²) in [7, 11) is 3.49. The van der Waals surface area contributed by atoms with Crippen LogP contribution in [0.5, 0.6) is 5.75 Å². The molecule has 5 heteroatoms. The first-order chi connectivity index (χ1) is 8.13. The van der Waals surface area contributed by atoms with Crippen molar-refractivity contribution in [1.29, 1.82) is 0 Å². The van der Waals surface area contributed by atoms with Crippen molar-refractivity contribution in [2.75, 3.05) is 39.5 Å². The van der Waals surface area contributed by atoms with Gasteiger partial charge in [0.15, 0.2) is 0 Å². The van der Waals surface area contributed by atoms with Gasteiger partial charge < -0.3 is 15.8 Å². The minimum atomic E-state index is -0.00766. The Bertz CT molecular complexity index is 369. The smallest absolute Gasteiger partial charge is 0.233 e. The predicted molar refractivity (Wildman–Crippen MR) is 67.9 cm³/mol. The molecule has 5 nitrogen and oxygen atoms in total. The highest BCUT2D eigenvalue weighted by Gasteiger charge is 2.04. The normalized spacial score (nSPS) is 10.3. The van der Waals surface area contributed by atoms with Crippen molar-refractivity contribution in [3.8, 4) is 5.75 Å². The minimum absolute atomic E-state index is 0.00766. The van der Waals surface area contributed by atoms with Crippen molar-refractivity contribution < 1.29 is 9.53 Å². The predicted octanol–water partition coefficient (Wildman–Crippen LogP) is 0.325. The van der Waals surface area contributed by atoms with Crippen LogP contribution in [-0.2, 0) is 4.79 Å². The summed E-state index contributed by atoms with van der Waals surface area (Å²) in [4.78, 5) is 13.0. The molecule has 0 unspecified atom stereocenters. The van der Waals surface area contributed by atoms with E-state index in [0.29, 0.717) is 31.1 Å². The van der Waals surface area contributed by atoms with Gasteiger partial charge in [-0.25, -0.2) is 0 Å². The molecule has 0 bridgehead atoms. The van der Waals surface area contributed by atoms with Gasteiger partial charge >= 0.3 is 0 Å². The molecule has 0 saturated heterocycles. The van der Waals surface area contributed by atoms with Crippen LogP contribution < -0.4 is 15.8 Å². The first-order valence-corrected chi connectivity index (χ1v) is 5.50. The Morgan fingerprint density at radius 1 is 1.47 bits per heavy atom. The summed E-state index contributed by atoms with van der Waals surface area (Å²) in [6.45, 7) is 1.54. The molecule has 17 heavy (non-hydrogen) atoms. The molecule has 0 fully saturated rings. The molecule has 0 aliphatic heterocycles. The van der Waals surface area contributed by atoms with Gasteiger partial charge in [0.25, 0.3) is 0 Å². The molecule has 1 aromatic carbocycles. The van der Waals surface area contributed by atoms with Gasteiger partial charge in [0.05, 0.1) is 12.2 Å². The van der Waals surface area contributed by atoms with Gasteiger partial charge in [-0.1, -0.05) is 12.1 Å². The monoisotopic (exact) mass is 237 g/mol. The zero-order valence-electron chi connectivity index (χ0n) is 10.3. The Morgan fingerprint density at radius 3 is 2.82 bits per heavy atom. The van der Waals surface area contributed by atoms with Gasteiger partial charge in [0.1, 0.15) is 12.4 Å². The number of ether oxygens (including phenoxy) is 1. The average molecular weight is 237 g/mol. The van der Waals surface area contributed by atoms with Gasteiger partial charge in [-0.2, -0.15) is 0 Å². The molecule has 94 valence electrons. The molecule has 1 aromatic rings. The summed E-state index contributed by atoms with van der Waals surface area (Å²) in [6, 6.07) is 7.36. The molecule has 0 spiro atoms. The first-order valence-electron chi connectivity index (χ1n) is 5.50. The topological polar surface area (TPSA) is 67.6 Å². The number of nitrogen functional groups attached to an aromatic ring is 1. The molecule has 0 radical (unpaired) electrons. The second kappa shape index (κ2) is 6.75. The van der Waals surface area contributed by atoms with E-state index in [1.54, 1.807) is 13.1 Å². The van der Waals surface area contributed by atoms with Crippen molar-refractivity contribution in [2.24, 2.45) is 0 Å². The third-order valence-electron chi connectivity index (χ3n) is 2.34. The number of carbonyl (C=O) groups excluding carboxylic acids is 1. The maximum atomic E-state index is 11.1. The molecule has 0 aliphatic rings. The average Bonchev–Trinajstić information content (AvgIpc) is 2.31. The molecule has 0 atom stereocenters. The van der Waals surface area contributed by atoms with Crippen LogP contribution in [0.2, 0.25) is 0 Å². The number of nitrogens with one attached hydrogen (secondary N) is 1. The molecule has 0 aliphatic carbocycles. The van der Waals surface area contributed by atoms with Crippen LogP contribution in [0.1, 0.15) is 0 Å². The molecule has 0 aromatic heterocycles. The molecular weight excluding hydrogens is 218 g/mol. The van der Waals surface area contributed by atoms with Crippen molar-refractivity contribution in [3.05, 3.63) is 24.3 Å². The van der Waals surface area contributed by atoms with E-state index in [0.717, 1.165) is 0 Å². The number of anilines is 1. The number of likely N-dealkylation sites (N-methyl/N-ethyl adjacent to an activating group) is 2. The van der Waals surface area contributed by atoms with E-state index >= 15 is 0 Å². The third kappa shape index (κ3) is 4.74. The van der Waals surface area contributed by atoms with Crippen LogP contribution in [0.3, 0.4) is 0 Å². The summed E-state index contributed by atoms with van der Waals surface area (Å²) < 4.78 is 5.52. The van der Waals surface area contributed by atoms with Crippen LogP contribution in [0.4, 0.5) is 5.69 Å². The van der Waals surface area contributed by atoms with Crippen LogP contribution >= 0.6 is 0 Å². The largest absolute Gasteiger partial charge is 0.490 e. The zero-order valence-corrected chi connectivity index (χ0v) is 10.3. The standard InChI is InChI=1S/C12H19N3O2/c1-14-12(16)9-15(2)7-8-17-11-6-4-3-5-10(11)13/h3-6H,7-9,13H2,1-2H3,(H,14,16). The first kappa shape index (κ1) is 13.3. The van der Waals surface area contributed by atoms with Gasteiger partial charge in [-0.3, -0.25) is 9.69 Å². The highest BCUT2D eigenvalue weighted by atomic mass is 16.5. The summed E-state index contributed by atoms with van der Waals surface area (Å²) in [5, 5.41) is 2.57. The maximum absolute atomic E-state index is 11.1. The van der Waals surface area contributed by atoms with E-state index in [1.807, 2.05) is 30.1 Å². The summed E-state index contributed by atoms with van der Waals surface area (Å²) in [5.41, 5.74) is 6.36. The van der Waals surface area contributed by atoms with E-state index in [2.05, 4.69) is 5.32 Å². The molecule has 0 heterocycles. The number of rotatable bonds is 6. The summed E-state index contributed by atoms with van der Waals surface area (Å²) >= 11 is 0. The summed E-state index contributed by atoms with van der Waals surface area (Å²) in [5.74, 6) is 0.674. The number of amides is 1. The summed E-state index contributed by atoms with van der Waals surface area (Å²) in [6.07, 6.45) is 0. The number of carbonyl (C=O) groups is 1. The lowest BCUT2D eigenvalue weighted by atomic mass is 10.3. The van der Waals surface area contributed by atoms with Crippen LogP contribution in [0.25, 0.3) is 0 Å². The Balaban J connectivity index is 2.28. The molecular formula is C12H19N3O2. The lowest BCUT2D eigenvalue weighted by Gasteiger charge is -2.16.